The van der Waals surface area contributed by atoms with Crippen molar-refractivity contribution in [3.8, 4) is 17.2 Å². The molecule has 1 heterocycles. The minimum absolute atomic E-state index is 0.0401. The van der Waals surface area contributed by atoms with Crippen molar-refractivity contribution < 1.29 is 19.0 Å². The number of rotatable bonds is 13. The molecular formula is C27H36N4O5. The number of aryl methyl sites for hydroxylation is 1. The highest BCUT2D eigenvalue weighted by Crippen LogP contribution is 2.30. The van der Waals surface area contributed by atoms with E-state index in [9.17, 15) is 9.59 Å². The Morgan fingerprint density at radius 2 is 1.78 bits per heavy atom. The van der Waals surface area contributed by atoms with E-state index in [0.29, 0.717) is 48.3 Å². The lowest BCUT2D eigenvalue weighted by molar-refractivity contribution is -0.121. The third-order valence-corrected chi connectivity index (χ3v) is 6.36. The number of hydrogen-bond acceptors (Lipinski definition) is 7. The molecule has 194 valence electrons. The molecule has 1 unspecified atom stereocenters. The lowest BCUT2D eigenvalue weighted by Crippen LogP contribution is -2.38. The standard InChI is InChI=1S/C27H36N4O5/c1-6-30(7-2)23(19-10-8-11-20(14-19)34-3)17-28-26(32)12-9-13-31-18-29-22-16-25(36-5)24(35-4)15-21(22)27(31)33/h8,10-11,14-16,18,23H,6-7,9,12-13,17H2,1-5H3,(H,28,32). The van der Waals surface area contributed by atoms with Crippen molar-refractivity contribution in [3.63, 3.8) is 0 Å². The summed E-state index contributed by atoms with van der Waals surface area (Å²) in [6.45, 7) is 6.83. The summed E-state index contributed by atoms with van der Waals surface area (Å²) in [4.78, 5) is 32.3. The monoisotopic (exact) mass is 496 g/mol. The SMILES string of the molecule is CCN(CC)C(CNC(=O)CCCn1cnc2cc(OC)c(OC)cc2c1=O)c1cccc(OC)c1. The number of carbonyl (C=O) groups is 1. The van der Waals surface area contributed by atoms with Crippen LogP contribution in [-0.4, -0.2) is 61.3 Å². The number of methoxy groups -OCH3 is 3. The van der Waals surface area contributed by atoms with E-state index in [0.717, 1.165) is 24.4 Å². The predicted molar refractivity (Wildman–Crippen MR) is 140 cm³/mol. The molecule has 0 saturated carbocycles. The Labute approximate surface area is 212 Å². The third kappa shape index (κ3) is 6.34. The first-order valence-corrected chi connectivity index (χ1v) is 12.2. The van der Waals surface area contributed by atoms with Crippen LogP contribution in [0.2, 0.25) is 0 Å². The smallest absolute Gasteiger partial charge is 0.261 e. The Kier molecular flexibility index (Phi) is 9.69. The summed E-state index contributed by atoms with van der Waals surface area (Å²) < 4.78 is 17.5. The first-order chi connectivity index (χ1) is 17.4. The summed E-state index contributed by atoms with van der Waals surface area (Å²) in [5.74, 6) is 1.73. The highest BCUT2D eigenvalue weighted by Gasteiger charge is 2.19. The highest BCUT2D eigenvalue weighted by atomic mass is 16.5. The van der Waals surface area contributed by atoms with Gasteiger partial charge in [0.05, 0.1) is 44.6 Å². The van der Waals surface area contributed by atoms with Gasteiger partial charge in [-0.3, -0.25) is 19.1 Å². The Morgan fingerprint density at radius 3 is 2.44 bits per heavy atom. The first-order valence-electron chi connectivity index (χ1n) is 12.2. The second-order valence-corrected chi connectivity index (χ2v) is 8.39. The number of nitrogens with zero attached hydrogens (tertiary/aromatic N) is 3. The van der Waals surface area contributed by atoms with Crippen molar-refractivity contribution in [1.29, 1.82) is 0 Å². The van der Waals surface area contributed by atoms with Crippen LogP contribution >= 0.6 is 0 Å². The molecule has 0 saturated heterocycles. The van der Waals surface area contributed by atoms with Crippen molar-refractivity contribution in [2.24, 2.45) is 0 Å². The Bertz CT molecular complexity index is 1220. The molecule has 2 aromatic carbocycles. The van der Waals surface area contributed by atoms with E-state index in [1.807, 2.05) is 18.2 Å². The van der Waals surface area contributed by atoms with E-state index in [1.165, 1.54) is 25.1 Å². The van der Waals surface area contributed by atoms with Crippen LogP contribution in [0.15, 0.2) is 47.5 Å². The van der Waals surface area contributed by atoms with Gasteiger partial charge in [-0.1, -0.05) is 26.0 Å². The number of carbonyl (C=O) groups excluding carboxylic acids is 1. The second-order valence-electron chi connectivity index (χ2n) is 8.39. The van der Waals surface area contributed by atoms with Gasteiger partial charge in [-0.15, -0.1) is 0 Å². The summed E-state index contributed by atoms with van der Waals surface area (Å²) in [5, 5.41) is 3.52. The van der Waals surface area contributed by atoms with Crippen LogP contribution in [0.25, 0.3) is 10.9 Å². The summed E-state index contributed by atoms with van der Waals surface area (Å²) in [6.07, 6.45) is 2.33. The molecule has 1 N–H and O–H groups in total. The van der Waals surface area contributed by atoms with Gasteiger partial charge in [-0.2, -0.15) is 0 Å². The third-order valence-electron chi connectivity index (χ3n) is 6.36. The molecular weight excluding hydrogens is 460 g/mol. The van der Waals surface area contributed by atoms with Gasteiger partial charge < -0.3 is 19.5 Å². The minimum atomic E-state index is -0.180. The fourth-order valence-electron chi connectivity index (χ4n) is 4.32. The van der Waals surface area contributed by atoms with Crippen molar-refractivity contribution in [1.82, 2.24) is 19.8 Å². The van der Waals surface area contributed by atoms with E-state index >= 15 is 0 Å². The fourth-order valence-corrected chi connectivity index (χ4v) is 4.32. The largest absolute Gasteiger partial charge is 0.497 e. The Morgan fingerprint density at radius 1 is 1.06 bits per heavy atom. The number of nitrogens with one attached hydrogen (secondary N) is 1. The van der Waals surface area contributed by atoms with Crippen molar-refractivity contribution in [2.45, 2.75) is 39.3 Å². The molecule has 0 radical (unpaired) electrons. The zero-order valence-corrected chi connectivity index (χ0v) is 21.7. The van der Waals surface area contributed by atoms with Crippen LogP contribution in [-0.2, 0) is 11.3 Å². The van der Waals surface area contributed by atoms with Crippen molar-refractivity contribution >= 4 is 16.8 Å². The number of benzene rings is 2. The topological polar surface area (TPSA) is 94.9 Å². The van der Waals surface area contributed by atoms with Gasteiger partial charge in [-0.25, -0.2) is 4.98 Å². The summed E-state index contributed by atoms with van der Waals surface area (Å²) in [6, 6.07) is 11.3. The maximum absolute atomic E-state index is 12.9. The van der Waals surface area contributed by atoms with Gasteiger partial charge in [0.25, 0.3) is 5.56 Å². The van der Waals surface area contributed by atoms with E-state index in [2.05, 4.69) is 35.1 Å². The predicted octanol–water partition coefficient (Wildman–Crippen LogP) is 3.40. The molecule has 9 heteroatoms. The maximum atomic E-state index is 12.9. The minimum Gasteiger partial charge on any atom is -0.497 e. The van der Waals surface area contributed by atoms with Crippen LogP contribution in [0.5, 0.6) is 17.2 Å². The van der Waals surface area contributed by atoms with Gasteiger partial charge in [0.2, 0.25) is 5.91 Å². The molecule has 1 atom stereocenters. The van der Waals surface area contributed by atoms with Crippen LogP contribution < -0.4 is 25.1 Å². The van der Waals surface area contributed by atoms with E-state index in [4.69, 9.17) is 14.2 Å². The lowest BCUT2D eigenvalue weighted by Gasteiger charge is -2.30. The number of aromatic nitrogens is 2. The maximum Gasteiger partial charge on any atom is 0.261 e. The zero-order chi connectivity index (χ0) is 26.1. The fraction of sp³-hybridized carbons (Fsp3) is 0.444. The molecule has 9 nitrogen and oxygen atoms in total. The molecule has 0 aliphatic carbocycles. The Hall–Kier alpha value is -3.59. The van der Waals surface area contributed by atoms with Crippen LogP contribution in [0, 0.1) is 0 Å². The van der Waals surface area contributed by atoms with Gasteiger partial charge in [-0.05, 0) is 43.3 Å². The number of amides is 1. The second kappa shape index (κ2) is 12.9. The quantitative estimate of drug-likeness (QED) is 0.388. The van der Waals surface area contributed by atoms with Crippen LogP contribution in [0.4, 0.5) is 0 Å². The van der Waals surface area contributed by atoms with E-state index in [1.54, 1.807) is 19.2 Å². The molecule has 0 aliphatic heterocycles. The first kappa shape index (κ1) is 27.0. The average molecular weight is 497 g/mol. The van der Waals surface area contributed by atoms with Crippen molar-refractivity contribution in [3.05, 3.63) is 58.6 Å². The Balaban J connectivity index is 1.63. The van der Waals surface area contributed by atoms with E-state index < -0.39 is 0 Å². The number of ether oxygens (including phenoxy) is 3. The van der Waals surface area contributed by atoms with Gasteiger partial charge in [0.15, 0.2) is 11.5 Å². The molecule has 0 fully saturated rings. The van der Waals surface area contributed by atoms with Crippen LogP contribution in [0.3, 0.4) is 0 Å². The summed E-state index contributed by atoms with van der Waals surface area (Å²) in [7, 11) is 4.71. The molecule has 3 aromatic rings. The van der Waals surface area contributed by atoms with E-state index in [-0.39, 0.29) is 17.5 Å². The van der Waals surface area contributed by atoms with Gasteiger partial charge >= 0.3 is 0 Å². The van der Waals surface area contributed by atoms with Crippen molar-refractivity contribution in [2.75, 3.05) is 41.0 Å². The van der Waals surface area contributed by atoms with Gasteiger partial charge in [0, 0.05) is 25.6 Å². The molecule has 3 rings (SSSR count). The summed E-state index contributed by atoms with van der Waals surface area (Å²) in [5.41, 5.74) is 1.45. The molecule has 1 amide bonds. The van der Waals surface area contributed by atoms with Gasteiger partial charge in [0.1, 0.15) is 5.75 Å². The molecule has 0 spiro atoms. The zero-order valence-electron chi connectivity index (χ0n) is 21.7. The average Bonchev–Trinajstić information content (AvgIpc) is 2.91. The number of hydrogen-bond donors (Lipinski definition) is 1. The molecule has 1 aromatic heterocycles. The molecule has 0 bridgehead atoms. The number of fused-ring (bicyclic) bond motifs is 1. The highest BCUT2D eigenvalue weighted by molar-refractivity contribution is 5.81. The summed E-state index contributed by atoms with van der Waals surface area (Å²) >= 11 is 0. The molecule has 0 aliphatic rings. The number of likely N-dealkylation sites (N-methyl/N-ethyl adjacent to an activating group) is 1. The van der Waals surface area contributed by atoms with Crippen LogP contribution in [0.1, 0.15) is 38.3 Å². The lowest BCUT2D eigenvalue weighted by atomic mass is 10.0. The normalized spacial score (nSPS) is 11.9. The molecule has 36 heavy (non-hydrogen) atoms.